The van der Waals surface area contributed by atoms with Gasteiger partial charge in [-0.3, -0.25) is 4.79 Å². The molecular formula is C15H27ClN2O. The van der Waals surface area contributed by atoms with Gasteiger partial charge in [-0.1, -0.05) is 6.42 Å². The van der Waals surface area contributed by atoms with E-state index < -0.39 is 0 Å². The van der Waals surface area contributed by atoms with Crippen LogP contribution in [-0.2, 0) is 4.79 Å². The fourth-order valence-corrected chi connectivity index (χ4v) is 3.82. The molecule has 110 valence electrons. The first kappa shape index (κ1) is 15.1. The fraction of sp³-hybridized carbons (Fsp3) is 0.933. The van der Waals surface area contributed by atoms with Crippen molar-refractivity contribution in [2.24, 2.45) is 17.8 Å². The van der Waals surface area contributed by atoms with Crippen LogP contribution in [0.25, 0.3) is 0 Å². The van der Waals surface area contributed by atoms with Crippen LogP contribution in [0.2, 0.25) is 0 Å². The number of hydrogen-bond acceptors (Lipinski definition) is 2. The van der Waals surface area contributed by atoms with Gasteiger partial charge in [0.2, 0.25) is 5.91 Å². The first-order chi connectivity index (χ1) is 8.84. The van der Waals surface area contributed by atoms with Crippen LogP contribution in [0, 0.1) is 17.8 Å². The van der Waals surface area contributed by atoms with Gasteiger partial charge in [0.15, 0.2) is 0 Å². The van der Waals surface area contributed by atoms with E-state index in [1.54, 1.807) is 0 Å². The number of carbonyl (C=O) groups excluding carboxylic acids is 1. The molecule has 4 heteroatoms. The zero-order valence-electron chi connectivity index (χ0n) is 11.8. The van der Waals surface area contributed by atoms with E-state index in [1.807, 2.05) is 0 Å². The van der Waals surface area contributed by atoms with E-state index in [0.29, 0.717) is 11.8 Å². The number of carbonyl (C=O) groups is 1. The van der Waals surface area contributed by atoms with Gasteiger partial charge in [0.25, 0.3) is 0 Å². The van der Waals surface area contributed by atoms with Gasteiger partial charge < -0.3 is 10.2 Å². The van der Waals surface area contributed by atoms with E-state index in [-0.39, 0.29) is 12.4 Å². The number of amides is 1. The number of hydrogen-bond donors (Lipinski definition) is 1. The lowest BCUT2D eigenvalue weighted by atomic mass is 9.78. The monoisotopic (exact) mass is 286 g/mol. The molecule has 1 saturated carbocycles. The highest BCUT2D eigenvalue weighted by molar-refractivity contribution is 5.85. The largest absolute Gasteiger partial charge is 0.342 e. The van der Waals surface area contributed by atoms with Gasteiger partial charge in [-0.25, -0.2) is 0 Å². The minimum Gasteiger partial charge on any atom is -0.342 e. The van der Waals surface area contributed by atoms with Crippen molar-refractivity contribution in [1.82, 2.24) is 10.2 Å². The predicted molar refractivity (Wildman–Crippen MR) is 79.5 cm³/mol. The Morgan fingerprint density at radius 2 is 1.47 bits per heavy atom. The Kier molecular flexibility index (Phi) is 5.52. The number of halogens is 1. The minimum absolute atomic E-state index is 0. The van der Waals surface area contributed by atoms with Crippen LogP contribution in [0.3, 0.4) is 0 Å². The third kappa shape index (κ3) is 3.43. The van der Waals surface area contributed by atoms with Crippen LogP contribution in [-0.4, -0.2) is 37.0 Å². The molecule has 2 aliphatic heterocycles. The molecule has 3 nitrogen and oxygen atoms in total. The summed E-state index contributed by atoms with van der Waals surface area (Å²) in [5, 5.41) is 3.45. The average molecular weight is 287 g/mol. The highest BCUT2D eigenvalue weighted by atomic mass is 35.5. The lowest BCUT2D eigenvalue weighted by molar-refractivity contribution is -0.139. The van der Waals surface area contributed by atoms with Gasteiger partial charge in [-0.15, -0.1) is 12.4 Å². The number of rotatable bonds is 2. The van der Waals surface area contributed by atoms with Crippen molar-refractivity contribution in [3.05, 3.63) is 0 Å². The molecule has 3 rings (SSSR count). The molecule has 2 heterocycles. The van der Waals surface area contributed by atoms with Crippen molar-refractivity contribution in [2.45, 2.75) is 44.9 Å². The maximum atomic E-state index is 12.2. The van der Waals surface area contributed by atoms with Gasteiger partial charge >= 0.3 is 0 Å². The summed E-state index contributed by atoms with van der Waals surface area (Å²) in [6, 6.07) is 0. The van der Waals surface area contributed by atoms with E-state index in [0.717, 1.165) is 37.8 Å². The summed E-state index contributed by atoms with van der Waals surface area (Å²) >= 11 is 0. The first-order valence-corrected chi connectivity index (χ1v) is 7.84. The van der Waals surface area contributed by atoms with E-state index in [9.17, 15) is 4.79 Å². The summed E-state index contributed by atoms with van der Waals surface area (Å²) in [6.07, 6.45) is 8.76. The maximum absolute atomic E-state index is 12.2. The third-order valence-corrected chi connectivity index (χ3v) is 5.36. The second-order valence-corrected chi connectivity index (χ2v) is 6.38. The van der Waals surface area contributed by atoms with E-state index in [4.69, 9.17) is 0 Å². The predicted octanol–water partition coefficient (Wildman–Crippen LogP) is 2.45. The first-order valence-electron chi connectivity index (χ1n) is 7.84. The van der Waals surface area contributed by atoms with Gasteiger partial charge in [-0.2, -0.15) is 0 Å². The third-order valence-electron chi connectivity index (χ3n) is 5.36. The van der Waals surface area contributed by atoms with Crippen LogP contribution < -0.4 is 5.32 Å². The summed E-state index contributed by atoms with van der Waals surface area (Å²) in [6.45, 7) is 4.46. The second-order valence-electron chi connectivity index (χ2n) is 6.38. The molecule has 0 unspecified atom stereocenters. The van der Waals surface area contributed by atoms with Gasteiger partial charge in [0, 0.05) is 19.0 Å². The molecule has 1 amide bonds. The molecule has 0 bridgehead atoms. The minimum atomic E-state index is 0. The quantitative estimate of drug-likeness (QED) is 0.846. The number of nitrogens with zero attached hydrogens (tertiary/aromatic N) is 1. The van der Waals surface area contributed by atoms with E-state index in [1.165, 1.54) is 45.2 Å². The molecule has 0 atom stereocenters. The van der Waals surface area contributed by atoms with Crippen LogP contribution in [0.15, 0.2) is 0 Å². The lowest BCUT2D eigenvalue weighted by Crippen LogP contribution is -2.45. The summed E-state index contributed by atoms with van der Waals surface area (Å²) < 4.78 is 0. The summed E-state index contributed by atoms with van der Waals surface area (Å²) in [7, 11) is 0. The van der Waals surface area contributed by atoms with Crippen LogP contribution in [0.1, 0.15) is 44.9 Å². The van der Waals surface area contributed by atoms with Crippen molar-refractivity contribution >= 4 is 18.3 Å². The highest BCUT2D eigenvalue weighted by Gasteiger charge is 2.33. The smallest absolute Gasteiger partial charge is 0.225 e. The molecular weight excluding hydrogens is 260 g/mol. The Balaban J connectivity index is 0.00000133. The molecule has 0 aromatic heterocycles. The summed E-state index contributed by atoms with van der Waals surface area (Å²) in [5.41, 5.74) is 0. The van der Waals surface area contributed by atoms with Gasteiger partial charge in [-0.05, 0) is 63.5 Å². The molecule has 1 aliphatic carbocycles. The molecule has 2 saturated heterocycles. The van der Waals surface area contributed by atoms with Crippen molar-refractivity contribution in [3.63, 3.8) is 0 Å². The molecule has 3 aliphatic rings. The molecule has 0 radical (unpaired) electrons. The Hall–Kier alpha value is -0.280. The van der Waals surface area contributed by atoms with Crippen LogP contribution in [0.4, 0.5) is 0 Å². The van der Waals surface area contributed by atoms with Crippen molar-refractivity contribution in [2.75, 3.05) is 26.2 Å². The van der Waals surface area contributed by atoms with E-state index >= 15 is 0 Å². The molecule has 1 N–H and O–H groups in total. The molecule has 0 aromatic carbocycles. The number of nitrogens with one attached hydrogen (secondary N) is 1. The molecule has 19 heavy (non-hydrogen) atoms. The molecule has 0 aromatic rings. The highest BCUT2D eigenvalue weighted by Crippen LogP contribution is 2.33. The fourth-order valence-electron chi connectivity index (χ4n) is 3.82. The number of likely N-dealkylation sites (tertiary alicyclic amines) is 1. The Labute approximate surface area is 122 Å². The Morgan fingerprint density at radius 3 is 2.00 bits per heavy atom. The zero-order chi connectivity index (χ0) is 12.4. The second kappa shape index (κ2) is 6.94. The van der Waals surface area contributed by atoms with Gasteiger partial charge in [0.05, 0.1) is 0 Å². The Bertz CT molecular complexity index is 293. The van der Waals surface area contributed by atoms with Crippen molar-refractivity contribution in [3.8, 4) is 0 Å². The molecule has 3 fully saturated rings. The van der Waals surface area contributed by atoms with Crippen molar-refractivity contribution < 1.29 is 4.79 Å². The maximum Gasteiger partial charge on any atom is 0.225 e. The summed E-state index contributed by atoms with van der Waals surface area (Å²) in [5.74, 6) is 2.66. The number of piperidine rings is 2. The summed E-state index contributed by atoms with van der Waals surface area (Å²) in [4.78, 5) is 14.3. The molecule has 0 spiro atoms. The van der Waals surface area contributed by atoms with E-state index in [2.05, 4.69) is 10.2 Å². The normalized spacial score (nSPS) is 26.6. The lowest BCUT2D eigenvalue weighted by Gasteiger charge is -2.40. The SMILES string of the molecule is Cl.O=C(C1CCC1)N1CCC(C2CCNCC2)CC1. The zero-order valence-corrected chi connectivity index (χ0v) is 12.6. The Morgan fingerprint density at radius 1 is 0.895 bits per heavy atom. The standard InChI is InChI=1S/C15H26N2O.ClH/c18-15(14-2-1-3-14)17-10-6-13(7-11-17)12-4-8-16-9-5-12;/h12-14,16H,1-11H2;1H. The van der Waals surface area contributed by atoms with Crippen LogP contribution >= 0.6 is 12.4 Å². The topological polar surface area (TPSA) is 32.3 Å². The van der Waals surface area contributed by atoms with Crippen molar-refractivity contribution in [1.29, 1.82) is 0 Å². The van der Waals surface area contributed by atoms with Gasteiger partial charge in [0.1, 0.15) is 0 Å². The van der Waals surface area contributed by atoms with Crippen LogP contribution in [0.5, 0.6) is 0 Å². The average Bonchev–Trinajstić information content (AvgIpc) is 2.38.